The van der Waals surface area contributed by atoms with Gasteiger partial charge in [0, 0.05) is 32.7 Å². The number of carbonyl (C=O) groups excluding carboxylic acids is 2. The molecule has 1 N–H and O–H groups in total. The van der Waals surface area contributed by atoms with Crippen LogP contribution in [-0.4, -0.2) is 73.1 Å². The maximum Gasteiger partial charge on any atom is 0.242 e. The Morgan fingerprint density at radius 2 is 1.76 bits per heavy atom. The maximum absolute atomic E-state index is 12.6. The summed E-state index contributed by atoms with van der Waals surface area (Å²) in [7, 11) is 0. The van der Waals surface area contributed by atoms with Crippen LogP contribution in [0.2, 0.25) is 0 Å². The molecule has 6 nitrogen and oxygen atoms in total. The Labute approximate surface area is 154 Å². The van der Waals surface area contributed by atoms with Crippen molar-refractivity contribution in [3.8, 4) is 0 Å². The molecular formula is C18H26ClN3O3. The Morgan fingerprint density at radius 3 is 2.40 bits per heavy atom. The third-order valence-electron chi connectivity index (χ3n) is 4.72. The number of benzene rings is 1. The third-order valence-corrected chi connectivity index (χ3v) is 4.72. The number of amides is 2. The van der Waals surface area contributed by atoms with Gasteiger partial charge in [-0.15, -0.1) is 12.4 Å². The molecule has 2 aliphatic heterocycles. The molecule has 2 saturated heterocycles. The molecule has 0 unspecified atom stereocenters. The molecule has 0 aromatic heterocycles. The summed E-state index contributed by atoms with van der Waals surface area (Å²) in [6.45, 7) is 5.64. The van der Waals surface area contributed by atoms with Crippen molar-refractivity contribution >= 4 is 24.2 Å². The second-order valence-electron chi connectivity index (χ2n) is 6.38. The monoisotopic (exact) mass is 367 g/mol. The fraction of sp³-hybridized carbons (Fsp3) is 0.556. The van der Waals surface area contributed by atoms with Gasteiger partial charge in [0.05, 0.1) is 19.1 Å². The lowest BCUT2D eigenvalue weighted by molar-refractivity contribution is -0.144. The number of nitrogens with one attached hydrogen (secondary N) is 1. The number of nitrogens with zero attached hydrogens (tertiary/aromatic N) is 2. The number of morpholine rings is 1. The first-order chi connectivity index (χ1) is 11.6. The largest absolute Gasteiger partial charge is 0.375 e. The van der Waals surface area contributed by atoms with E-state index in [1.807, 2.05) is 47.1 Å². The smallest absolute Gasteiger partial charge is 0.242 e. The number of hydrogen-bond donors (Lipinski definition) is 1. The van der Waals surface area contributed by atoms with Crippen LogP contribution in [0.5, 0.6) is 0 Å². The van der Waals surface area contributed by atoms with Gasteiger partial charge >= 0.3 is 0 Å². The summed E-state index contributed by atoms with van der Waals surface area (Å²) in [6, 6.07) is 9.49. The van der Waals surface area contributed by atoms with Crippen LogP contribution in [0, 0.1) is 0 Å². The minimum absolute atomic E-state index is 0. The lowest BCUT2D eigenvalue weighted by Crippen LogP contribution is -2.60. The SMILES string of the molecule is C[C@H]1OCCN[C@@H]1C(=O)N1CCN(C(=O)Cc2ccccc2)CC1.Cl. The summed E-state index contributed by atoms with van der Waals surface area (Å²) in [5.41, 5.74) is 1.03. The number of ether oxygens (including phenoxy) is 1. The molecule has 0 bridgehead atoms. The van der Waals surface area contributed by atoms with Crippen molar-refractivity contribution in [1.29, 1.82) is 0 Å². The molecule has 3 rings (SSSR count). The van der Waals surface area contributed by atoms with Gasteiger partial charge in [0.1, 0.15) is 6.04 Å². The number of hydrogen-bond acceptors (Lipinski definition) is 4. The van der Waals surface area contributed by atoms with Crippen LogP contribution < -0.4 is 5.32 Å². The average molecular weight is 368 g/mol. The topological polar surface area (TPSA) is 61.9 Å². The highest BCUT2D eigenvalue weighted by Gasteiger charge is 2.33. The summed E-state index contributed by atoms with van der Waals surface area (Å²) in [4.78, 5) is 28.7. The van der Waals surface area contributed by atoms with Crippen molar-refractivity contribution < 1.29 is 14.3 Å². The summed E-state index contributed by atoms with van der Waals surface area (Å²) in [5.74, 6) is 0.207. The van der Waals surface area contributed by atoms with Crippen LogP contribution >= 0.6 is 12.4 Å². The zero-order chi connectivity index (χ0) is 16.9. The van der Waals surface area contributed by atoms with E-state index in [1.165, 1.54) is 0 Å². The molecule has 2 aliphatic rings. The molecule has 2 heterocycles. The van der Waals surface area contributed by atoms with Crippen LogP contribution in [0.4, 0.5) is 0 Å². The van der Waals surface area contributed by atoms with Crippen molar-refractivity contribution in [2.45, 2.75) is 25.5 Å². The van der Waals surface area contributed by atoms with E-state index in [2.05, 4.69) is 5.32 Å². The van der Waals surface area contributed by atoms with Gasteiger partial charge < -0.3 is 19.9 Å². The van der Waals surface area contributed by atoms with E-state index >= 15 is 0 Å². The number of rotatable bonds is 3. The maximum atomic E-state index is 12.6. The first-order valence-electron chi connectivity index (χ1n) is 8.60. The van der Waals surface area contributed by atoms with Gasteiger partial charge in [-0.2, -0.15) is 0 Å². The molecule has 0 saturated carbocycles. The Hall–Kier alpha value is -1.63. The molecule has 1 aromatic rings. The molecule has 0 spiro atoms. The van der Waals surface area contributed by atoms with E-state index < -0.39 is 0 Å². The van der Waals surface area contributed by atoms with Crippen molar-refractivity contribution in [2.75, 3.05) is 39.3 Å². The fourth-order valence-electron chi connectivity index (χ4n) is 3.26. The predicted octanol–water partition coefficient (Wildman–Crippen LogP) is 0.699. The van der Waals surface area contributed by atoms with Gasteiger partial charge in [-0.05, 0) is 12.5 Å². The zero-order valence-electron chi connectivity index (χ0n) is 14.5. The quantitative estimate of drug-likeness (QED) is 0.854. The van der Waals surface area contributed by atoms with E-state index in [4.69, 9.17) is 4.74 Å². The highest BCUT2D eigenvalue weighted by Crippen LogP contribution is 2.12. The molecule has 0 aliphatic carbocycles. The van der Waals surface area contributed by atoms with Crippen LogP contribution in [0.1, 0.15) is 12.5 Å². The molecular weight excluding hydrogens is 342 g/mol. The lowest BCUT2D eigenvalue weighted by Gasteiger charge is -2.38. The van der Waals surface area contributed by atoms with Gasteiger partial charge in [-0.25, -0.2) is 0 Å². The van der Waals surface area contributed by atoms with Gasteiger partial charge in [0.2, 0.25) is 11.8 Å². The molecule has 1 aromatic carbocycles. The summed E-state index contributed by atoms with van der Waals surface area (Å²) in [5, 5.41) is 3.24. The highest BCUT2D eigenvalue weighted by atomic mass is 35.5. The van der Waals surface area contributed by atoms with Gasteiger partial charge in [0.25, 0.3) is 0 Å². The molecule has 2 amide bonds. The van der Waals surface area contributed by atoms with E-state index in [0.717, 1.165) is 5.56 Å². The standard InChI is InChI=1S/C18H25N3O3.ClH/c1-14-17(19-7-12-24-14)18(23)21-10-8-20(9-11-21)16(22)13-15-5-3-2-4-6-15;/h2-6,14,17,19H,7-13H2,1H3;1H/t14-,17+;/m1./s1. The Balaban J connectivity index is 0.00000225. The Bertz CT molecular complexity index is 576. The Morgan fingerprint density at radius 1 is 1.12 bits per heavy atom. The molecule has 138 valence electrons. The third kappa shape index (κ3) is 4.93. The highest BCUT2D eigenvalue weighted by molar-refractivity contribution is 5.85. The van der Waals surface area contributed by atoms with E-state index in [9.17, 15) is 9.59 Å². The fourth-order valence-corrected chi connectivity index (χ4v) is 3.26. The van der Waals surface area contributed by atoms with E-state index in [-0.39, 0.29) is 36.4 Å². The minimum Gasteiger partial charge on any atom is -0.375 e. The number of piperazine rings is 1. The van der Waals surface area contributed by atoms with Gasteiger partial charge in [-0.1, -0.05) is 30.3 Å². The van der Waals surface area contributed by atoms with Crippen LogP contribution in [0.15, 0.2) is 30.3 Å². The summed E-state index contributed by atoms with van der Waals surface area (Å²) in [6.07, 6.45) is 0.313. The lowest BCUT2D eigenvalue weighted by atomic mass is 10.1. The van der Waals surface area contributed by atoms with Crippen LogP contribution in [0.3, 0.4) is 0 Å². The zero-order valence-corrected chi connectivity index (χ0v) is 15.3. The van der Waals surface area contributed by atoms with Crippen LogP contribution in [0.25, 0.3) is 0 Å². The van der Waals surface area contributed by atoms with Crippen molar-refractivity contribution in [1.82, 2.24) is 15.1 Å². The second kappa shape index (κ2) is 9.17. The number of carbonyl (C=O) groups is 2. The second-order valence-corrected chi connectivity index (χ2v) is 6.38. The van der Waals surface area contributed by atoms with Gasteiger partial charge in [-0.3, -0.25) is 9.59 Å². The Kier molecular flexibility index (Phi) is 7.23. The first-order valence-corrected chi connectivity index (χ1v) is 8.60. The predicted molar refractivity (Wildman–Crippen MR) is 97.8 cm³/mol. The first kappa shape index (κ1) is 19.7. The van der Waals surface area contributed by atoms with Crippen molar-refractivity contribution in [2.24, 2.45) is 0 Å². The molecule has 0 radical (unpaired) electrons. The summed E-state index contributed by atoms with van der Waals surface area (Å²) < 4.78 is 5.55. The normalized spacial score (nSPS) is 23.7. The van der Waals surface area contributed by atoms with Gasteiger partial charge in [0.15, 0.2) is 0 Å². The van der Waals surface area contributed by atoms with Crippen LogP contribution in [-0.2, 0) is 20.7 Å². The number of halogens is 1. The average Bonchev–Trinajstić information content (AvgIpc) is 2.62. The van der Waals surface area contributed by atoms with E-state index in [1.54, 1.807) is 0 Å². The molecule has 2 atom stereocenters. The minimum atomic E-state index is -0.273. The van der Waals surface area contributed by atoms with Crippen molar-refractivity contribution in [3.05, 3.63) is 35.9 Å². The summed E-state index contributed by atoms with van der Waals surface area (Å²) >= 11 is 0. The van der Waals surface area contributed by atoms with Crippen molar-refractivity contribution in [3.63, 3.8) is 0 Å². The molecule has 2 fully saturated rings. The molecule has 7 heteroatoms. The molecule has 25 heavy (non-hydrogen) atoms. The van der Waals surface area contributed by atoms with E-state index in [0.29, 0.717) is 45.8 Å².